The number of amides is 1. The van der Waals surface area contributed by atoms with Gasteiger partial charge in [-0.05, 0) is 51.2 Å². The summed E-state index contributed by atoms with van der Waals surface area (Å²) in [6, 6.07) is 12.4. The third-order valence-corrected chi connectivity index (χ3v) is 7.10. The van der Waals surface area contributed by atoms with Crippen molar-refractivity contribution >= 4 is 34.0 Å². The molecular weight excluding hydrogens is 412 g/mol. The molecule has 2 heterocycles. The van der Waals surface area contributed by atoms with Crippen LogP contribution in [0.5, 0.6) is 0 Å². The molecule has 7 heteroatoms. The summed E-state index contributed by atoms with van der Waals surface area (Å²) in [4.78, 5) is 22.9. The number of anilines is 1. The van der Waals surface area contributed by atoms with E-state index in [9.17, 15) is 10.1 Å². The van der Waals surface area contributed by atoms with E-state index in [2.05, 4.69) is 40.4 Å². The number of nitrogens with one attached hydrogen (secondary N) is 1. The van der Waals surface area contributed by atoms with Crippen LogP contribution in [0.2, 0.25) is 0 Å². The first kappa shape index (κ1) is 20.6. The highest BCUT2D eigenvalue weighted by Crippen LogP contribution is 2.37. The molecule has 0 bridgehead atoms. The second-order valence-electron chi connectivity index (χ2n) is 7.41. The Morgan fingerprint density at radius 2 is 1.97 bits per heavy atom. The molecule has 1 aliphatic carbocycles. The maximum atomic E-state index is 12.6. The van der Waals surface area contributed by atoms with Crippen LogP contribution >= 0.6 is 23.1 Å². The number of aryl methyl sites for hydroxylation is 3. The molecule has 3 aromatic rings. The van der Waals surface area contributed by atoms with Crippen molar-refractivity contribution in [1.82, 2.24) is 9.97 Å². The van der Waals surface area contributed by atoms with Gasteiger partial charge in [-0.1, -0.05) is 41.6 Å². The zero-order valence-corrected chi connectivity index (χ0v) is 18.6. The van der Waals surface area contributed by atoms with Crippen LogP contribution in [-0.4, -0.2) is 21.6 Å². The fourth-order valence-electron chi connectivity index (χ4n) is 3.54. The second-order valence-corrected chi connectivity index (χ2v) is 9.45. The molecule has 1 aliphatic rings. The average Bonchev–Trinajstić information content (AvgIpc) is 3.09. The number of carbonyl (C=O) groups excluding carboxylic acids is 1. The third kappa shape index (κ3) is 4.55. The predicted octanol–water partition coefficient (Wildman–Crippen LogP) is 5.30. The zero-order chi connectivity index (χ0) is 21.1. The van der Waals surface area contributed by atoms with Crippen LogP contribution in [0.3, 0.4) is 0 Å². The maximum Gasteiger partial charge on any atom is 0.235 e. The molecular formula is C23H22N4OS2. The highest BCUT2D eigenvalue weighted by Gasteiger charge is 2.22. The van der Waals surface area contributed by atoms with E-state index in [0.717, 1.165) is 48.2 Å². The first-order chi connectivity index (χ1) is 14.5. The van der Waals surface area contributed by atoms with E-state index < -0.39 is 0 Å². The number of aromatic nitrogens is 2. The minimum Gasteiger partial charge on any atom is -0.316 e. The summed E-state index contributed by atoms with van der Waals surface area (Å²) >= 11 is 2.85. The number of hydrogen-bond donors (Lipinski definition) is 1. The Labute approximate surface area is 184 Å². The Balaban J connectivity index is 1.45. The summed E-state index contributed by atoms with van der Waals surface area (Å²) in [5.74, 6) is 0.0571. The number of carbonyl (C=O) groups is 1. The summed E-state index contributed by atoms with van der Waals surface area (Å²) in [6.45, 7) is 3.98. The van der Waals surface area contributed by atoms with Crippen LogP contribution in [0.15, 0.2) is 35.5 Å². The molecule has 30 heavy (non-hydrogen) atoms. The molecule has 4 rings (SSSR count). The molecule has 5 nitrogen and oxygen atoms in total. The van der Waals surface area contributed by atoms with Gasteiger partial charge >= 0.3 is 0 Å². The van der Waals surface area contributed by atoms with Gasteiger partial charge in [0, 0.05) is 16.1 Å². The number of hydrogen-bond acceptors (Lipinski definition) is 6. The minimum absolute atomic E-state index is 0.142. The van der Waals surface area contributed by atoms with Crippen molar-refractivity contribution in [1.29, 1.82) is 5.26 Å². The van der Waals surface area contributed by atoms with Crippen LogP contribution in [0.4, 0.5) is 5.00 Å². The quantitative estimate of drug-likeness (QED) is 0.435. The monoisotopic (exact) mass is 434 g/mol. The number of fused-ring (bicyclic) bond motifs is 1. The van der Waals surface area contributed by atoms with Crippen LogP contribution in [0.1, 0.15) is 40.1 Å². The molecule has 1 N–H and O–H groups in total. The zero-order valence-electron chi connectivity index (χ0n) is 17.0. The largest absolute Gasteiger partial charge is 0.316 e. The van der Waals surface area contributed by atoms with Crippen molar-refractivity contribution in [2.45, 2.75) is 44.7 Å². The molecule has 0 saturated heterocycles. The van der Waals surface area contributed by atoms with Crippen molar-refractivity contribution in [3.05, 3.63) is 57.6 Å². The van der Waals surface area contributed by atoms with Crippen LogP contribution < -0.4 is 5.32 Å². The van der Waals surface area contributed by atoms with Gasteiger partial charge in [-0.25, -0.2) is 9.97 Å². The standard InChI is InChI=1S/C23H22N4OS2/c1-14-7-9-16(10-8-14)19-11-15(2)25-23(26-19)29-13-21(28)27-22-18(12-24)17-5-3-4-6-20(17)30-22/h7-11H,3-6,13H2,1-2H3,(H,27,28). The van der Waals surface area contributed by atoms with E-state index in [-0.39, 0.29) is 11.7 Å². The van der Waals surface area contributed by atoms with Gasteiger partial charge in [-0.3, -0.25) is 4.79 Å². The van der Waals surface area contributed by atoms with Gasteiger partial charge in [0.15, 0.2) is 5.16 Å². The van der Waals surface area contributed by atoms with Gasteiger partial charge in [0.05, 0.1) is 17.0 Å². The van der Waals surface area contributed by atoms with E-state index in [1.165, 1.54) is 22.2 Å². The topological polar surface area (TPSA) is 78.7 Å². The summed E-state index contributed by atoms with van der Waals surface area (Å²) in [7, 11) is 0. The predicted molar refractivity (Wildman–Crippen MR) is 122 cm³/mol. The fourth-order valence-corrected chi connectivity index (χ4v) is 5.50. The van der Waals surface area contributed by atoms with E-state index >= 15 is 0 Å². The summed E-state index contributed by atoms with van der Waals surface area (Å²) in [5.41, 5.74) is 5.70. The SMILES string of the molecule is Cc1ccc(-c2cc(C)nc(SCC(=O)Nc3sc4c(c3C#N)CCCC4)n2)cc1. The first-order valence-electron chi connectivity index (χ1n) is 9.93. The average molecular weight is 435 g/mol. The normalized spacial score (nSPS) is 12.8. The fraction of sp³-hybridized carbons (Fsp3) is 0.304. The smallest absolute Gasteiger partial charge is 0.235 e. The molecule has 152 valence electrons. The molecule has 2 aromatic heterocycles. The van der Waals surface area contributed by atoms with E-state index in [1.54, 1.807) is 11.3 Å². The number of nitriles is 1. The molecule has 0 spiro atoms. The molecule has 1 amide bonds. The van der Waals surface area contributed by atoms with E-state index in [4.69, 9.17) is 0 Å². The molecule has 1 aromatic carbocycles. The molecule has 0 fully saturated rings. The Morgan fingerprint density at radius 1 is 1.20 bits per heavy atom. The van der Waals surface area contributed by atoms with E-state index in [0.29, 0.717) is 15.7 Å². The van der Waals surface area contributed by atoms with Crippen LogP contribution in [0, 0.1) is 25.2 Å². The lowest BCUT2D eigenvalue weighted by molar-refractivity contribution is -0.113. The summed E-state index contributed by atoms with van der Waals surface area (Å²) in [5, 5.41) is 13.7. The van der Waals surface area contributed by atoms with Crippen molar-refractivity contribution < 1.29 is 4.79 Å². The van der Waals surface area contributed by atoms with Crippen LogP contribution in [-0.2, 0) is 17.6 Å². The van der Waals surface area contributed by atoms with Crippen LogP contribution in [0.25, 0.3) is 11.3 Å². The highest BCUT2D eigenvalue weighted by molar-refractivity contribution is 7.99. The van der Waals surface area contributed by atoms with E-state index in [1.807, 2.05) is 25.1 Å². The van der Waals surface area contributed by atoms with Gasteiger partial charge in [0.1, 0.15) is 11.1 Å². The van der Waals surface area contributed by atoms with Gasteiger partial charge in [-0.2, -0.15) is 5.26 Å². The lowest BCUT2D eigenvalue weighted by Crippen LogP contribution is -2.14. The number of benzene rings is 1. The Hall–Kier alpha value is -2.69. The Kier molecular flexibility index (Phi) is 6.16. The molecule has 0 aliphatic heterocycles. The summed E-state index contributed by atoms with van der Waals surface area (Å²) in [6.07, 6.45) is 4.18. The lowest BCUT2D eigenvalue weighted by atomic mass is 9.96. The highest BCUT2D eigenvalue weighted by atomic mass is 32.2. The summed E-state index contributed by atoms with van der Waals surface area (Å²) < 4.78 is 0. The number of thiophene rings is 1. The molecule has 0 unspecified atom stereocenters. The lowest BCUT2D eigenvalue weighted by Gasteiger charge is -2.09. The first-order valence-corrected chi connectivity index (χ1v) is 11.7. The molecule has 0 atom stereocenters. The second kappa shape index (κ2) is 8.99. The maximum absolute atomic E-state index is 12.6. The van der Waals surface area contributed by atoms with Crippen molar-refractivity contribution in [3.8, 4) is 17.3 Å². The van der Waals surface area contributed by atoms with Gasteiger partial charge in [0.25, 0.3) is 0 Å². The van der Waals surface area contributed by atoms with Crippen molar-refractivity contribution in [2.75, 3.05) is 11.1 Å². The molecule has 0 saturated carbocycles. The van der Waals surface area contributed by atoms with Gasteiger partial charge in [-0.15, -0.1) is 11.3 Å². The van der Waals surface area contributed by atoms with Crippen molar-refractivity contribution in [3.63, 3.8) is 0 Å². The Bertz CT molecular complexity index is 1130. The minimum atomic E-state index is -0.142. The molecule has 0 radical (unpaired) electrons. The van der Waals surface area contributed by atoms with Gasteiger partial charge in [0.2, 0.25) is 5.91 Å². The van der Waals surface area contributed by atoms with Gasteiger partial charge < -0.3 is 5.32 Å². The number of nitrogens with zero attached hydrogens (tertiary/aromatic N) is 3. The van der Waals surface area contributed by atoms with Crippen molar-refractivity contribution in [2.24, 2.45) is 0 Å². The third-order valence-electron chi connectivity index (χ3n) is 5.05. The number of thioether (sulfide) groups is 1. The number of rotatable bonds is 5. The Morgan fingerprint density at radius 3 is 2.73 bits per heavy atom.